The number of ether oxygens (including phenoxy) is 3. The molecule has 1 unspecified atom stereocenters. The van der Waals surface area contributed by atoms with Gasteiger partial charge < -0.3 is 19.3 Å². The zero-order valence-electron chi connectivity index (χ0n) is 15.9. The number of aliphatic hydroxyl groups excluding tert-OH is 1. The van der Waals surface area contributed by atoms with Crippen molar-refractivity contribution in [3.63, 3.8) is 0 Å². The van der Waals surface area contributed by atoms with Crippen LogP contribution in [0, 0.1) is 0 Å². The van der Waals surface area contributed by atoms with Crippen LogP contribution in [0.2, 0.25) is 0 Å². The third-order valence-electron chi connectivity index (χ3n) is 4.77. The second-order valence-corrected chi connectivity index (χ2v) is 6.75. The number of rotatable bonds is 7. The van der Waals surface area contributed by atoms with Gasteiger partial charge >= 0.3 is 0 Å². The van der Waals surface area contributed by atoms with Crippen LogP contribution >= 0.6 is 0 Å². The predicted molar refractivity (Wildman–Crippen MR) is 105 cm³/mol. The summed E-state index contributed by atoms with van der Waals surface area (Å²) in [5, 5.41) is 14.1. The van der Waals surface area contributed by atoms with E-state index in [9.17, 15) is 5.11 Å². The van der Waals surface area contributed by atoms with E-state index in [1.54, 1.807) is 7.11 Å². The zero-order chi connectivity index (χ0) is 19.3. The monoisotopic (exact) mass is 380 g/mol. The number of aliphatic hydroxyl groups is 1. The van der Waals surface area contributed by atoms with Crippen molar-refractivity contribution in [1.29, 1.82) is 0 Å². The van der Waals surface area contributed by atoms with Gasteiger partial charge in [0.2, 0.25) is 0 Å². The number of hydrogen-bond donors (Lipinski definition) is 1. The summed E-state index contributed by atoms with van der Waals surface area (Å²) in [4.78, 5) is 0. The van der Waals surface area contributed by atoms with Gasteiger partial charge in [-0.3, -0.25) is 4.68 Å². The maximum absolute atomic E-state index is 9.58. The first-order chi connectivity index (χ1) is 13.8. The molecule has 146 valence electrons. The molecule has 0 saturated carbocycles. The minimum absolute atomic E-state index is 0.107. The Bertz CT molecular complexity index is 918. The second-order valence-electron chi connectivity index (χ2n) is 6.75. The van der Waals surface area contributed by atoms with Crippen molar-refractivity contribution in [2.24, 2.45) is 0 Å². The third kappa shape index (κ3) is 4.03. The van der Waals surface area contributed by atoms with Gasteiger partial charge in [0.1, 0.15) is 0 Å². The lowest BCUT2D eigenvalue weighted by molar-refractivity contribution is -0.0402. The Labute approximate surface area is 164 Å². The van der Waals surface area contributed by atoms with Crippen LogP contribution in [0.5, 0.6) is 11.5 Å². The Morgan fingerprint density at radius 1 is 1.14 bits per heavy atom. The molecular formula is C22H24N2O4. The first kappa shape index (κ1) is 18.5. The normalized spacial score (nSPS) is 16.3. The van der Waals surface area contributed by atoms with E-state index >= 15 is 0 Å². The Hall–Kier alpha value is -2.83. The molecular weight excluding hydrogens is 356 g/mol. The molecule has 6 heteroatoms. The van der Waals surface area contributed by atoms with Crippen LogP contribution in [0.25, 0.3) is 11.3 Å². The minimum Gasteiger partial charge on any atom is -0.493 e. The summed E-state index contributed by atoms with van der Waals surface area (Å²) in [6.07, 6.45) is 1.62. The van der Waals surface area contributed by atoms with E-state index in [-0.39, 0.29) is 12.9 Å². The lowest BCUT2D eigenvalue weighted by Crippen LogP contribution is -2.14. The predicted octanol–water partition coefficient (Wildman–Crippen LogP) is 3.61. The molecule has 28 heavy (non-hydrogen) atoms. The van der Waals surface area contributed by atoms with E-state index in [1.807, 2.05) is 47.1 Å². The summed E-state index contributed by atoms with van der Waals surface area (Å²) in [7, 11) is 1.63. The standard InChI is InChI=1S/C22H24N2O4/c1-26-20-10-9-17(12-21(20)28-22-8-5-11-27-22)19-13-18(15-25)23-24(19)14-16-6-3-2-4-7-16/h2-4,6-7,9-10,12-13,22,25H,5,8,11,14-15H2,1H3. The Kier molecular flexibility index (Phi) is 5.60. The fourth-order valence-corrected chi connectivity index (χ4v) is 3.37. The zero-order valence-corrected chi connectivity index (χ0v) is 15.9. The highest BCUT2D eigenvalue weighted by molar-refractivity contribution is 5.65. The summed E-state index contributed by atoms with van der Waals surface area (Å²) >= 11 is 0. The van der Waals surface area contributed by atoms with Gasteiger partial charge in [0.15, 0.2) is 17.8 Å². The molecule has 1 fully saturated rings. The van der Waals surface area contributed by atoms with Gasteiger partial charge in [-0.05, 0) is 36.2 Å². The summed E-state index contributed by atoms with van der Waals surface area (Å²) in [6.45, 7) is 1.23. The molecule has 0 radical (unpaired) electrons. The summed E-state index contributed by atoms with van der Waals surface area (Å²) in [5.74, 6) is 1.31. The molecule has 1 aromatic heterocycles. The molecule has 1 saturated heterocycles. The number of nitrogens with zero attached hydrogens (tertiary/aromatic N) is 2. The molecule has 0 spiro atoms. The highest BCUT2D eigenvalue weighted by Crippen LogP contribution is 2.35. The van der Waals surface area contributed by atoms with Crippen LogP contribution in [-0.4, -0.2) is 34.9 Å². The number of hydrogen-bond acceptors (Lipinski definition) is 5. The van der Waals surface area contributed by atoms with Crippen molar-refractivity contribution >= 4 is 0 Å². The molecule has 0 amide bonds. The third-order valence-corrected chi connectivity index (χ3v) is 4.77. The molecule has 3 aromatic rings. The molecule has 0 aliphatic carbocycles. The second kappa shape index (κ2) is 8.46. The van der Waals surface area contributed by atoms with E-state index < -0.39 is 0 Å². The van der Waals surface area contributed by atoms with Crippen LogP contribution in [-0.2, 0) is 17.9 Å². The molecule has 1 aliphatic heterocycles. The van der Waals surface area contributed by atoms with Crippen molar-refractivity contribution in [2.45, 2.75) is 32.3 Å². The van der Waals surface area contributed by atoms with E-state index in [4.69, 9.17) is 14.2 Å². The molecule has 0 bridgehead atoms. The van der Waals surface area contributed by atoms with E-state index in [0.29, 0.717) is 23.7 Å². The Morgan fingerprint density at radius 3 is 2.71 bits per heavy atom. The molecule has 1 N–H and O–H groups in total. The molecule has 6 nitrogen and oxygen atoms in total. The lowest BCUT2D eigenvalue weighted by Gasteiger charge is -2.17. The fourth-order valence-electron chi connectivity index (χ4n) is 3.37. The smallest absolute Gasteiger partial charge is 0.200 e. The highest BCUT2D eigenvalue weighted by atomic mass is 16.7. The maximum atomic E-state index is 9.58. The molecule has 1 aliphatic rings. The SMILES string of the molecule is COc1ccc(-c2cc(CO)nn2Cc2ccccc2)cc1OC1CCCO1. The van der Waals surface area contributed by atoms with Crippen LogP contribution in [0.3, 0.4) is 0 Å². The van der Waals surface area contributed by atoms with Gasteiger partial charge in [-0.25, -0.2) is 0 Å². The average molecular weight is 380 g/mol. The quantitative estimate of drug-likeness (QED) is 0.678. The van der Waals surface area contributed by atoms with Crippen molar-refractivity contribution in [3.8, 4) is 22.8 Å². The van der Waals surface area contributed by atoms with Gasteiger partial charge in [0, 0.05) is 12.0 Å². The lowest BCUT2D eigenvalue weighted by atomic mass is 10.1. The van der Waals surface area contributed by atoms with Crippen LogP contribution in [0.15, 0.2) is 54.6 Å². The maximum Gasteiger partial charge on any atom is 0.200 e. The van der Waals surface area contributed by atoms with Gasteiger partial charge in [0.25, 0.3) is 0 Å². The minimum atomic E-state index is -0.244. The van der Waals surface area contributed by atoms with Gasteiger partial charge in [-0.1, -0.05) is 30.3 Å². The summed E-state index contributed by atoms with van der Waals surface area (Å²) in [6, 6.07) is 17.8. The van der Waals surface area contributed by atoms with E-state index in [2.05, 4.69) is 17.2 Å². The van der Waals surface area contributed by atoms with E-state index in [1.165, 1.54) is 0 Å². The van der Waals surface area contributed by atoms with Crippen molar-refractivity contribution in [2.75, 3.05) is 13.7 Å². The molecule has 2 heterocycles. The Balaban J connectivity index is 1.68. The fraction of sp³-hybridized carbons (Fsp3) is 0.318. The molecule has 2 aromatic carbocycles. The first-order valence-electron chi connectivity index (χ1n) is 9.45. The Morgan fingerprint density at radius 2 is 2.00 bits per heavy atom. The van der Waals surface area contributed by atoms with Crippen LogP contribution in [0.4, 0.5) is 0 Å². The summed E-state index contributed by atoms with van der Waals surface area (Å²) < 4.78 is 19.0. The van der Waals surface area contributed by atoms with Crippen molar-refractivity contribution in [3.05, 3.63) is 65.9 Å². The number of methoxy groups -OCH3 is 1. The van der Waals surface area contributed by atoms with Crippen LogP contribution in [0.1, 0.15) is 24.1 Å². The molecule has 1 atom stereocenters. The average Bonchev–Trinajstić information content (AvgIpc) is 3.38. The highest BCUT2D eigenvalue weighted by Gasteiger charge is 2.20. The van der Waals surface area contributed by atoms with Gasteiger partial charge in [0.05, 0.1) is 38.3 Å². The number of aromatic nitrogens is 2. The van der Waals surface area contributed by atoms with Gasteiger partial charge in [-0.15, -0.1) is 0 Å². The summed E-state index contributed by atoms with van der Waals surface area (Å²) in [5.41, 5.74) is 3.62. The van der Waals surface area contributed by atoms with Crippen LogP contribution < -0.4 is 9.47 Å². The first-order valence-corrected chi connectivity index (χ1v) is 9.45. The largest absolute Gasteiger partial charge is 0.493 e. The molecule has 4 rings (SSSR count). The van der Waals surface area contributed by atoms with Crippen molar-refractivity contribution in [1.82, 2.24) is 9.78 Å². The van der Waals surface area contributed by atoms with Crippen molar-refractivity contribution < 1.29 is 19.3 Å². The topological polar surface area (TPSA) is 65.7 Å². The number of benzene rings is 2. The van der Waals surface area contributed by atoms with E-state index in [0.717, 1.165) is 36.3 Å². The van der Waals surface area contributed by atoms with Gasteiger partial charge in [-0.2, -0.15) is 5.10 Å².